The molecule has 0 aliphatic rings. The Morgan fingerprint density at radius 3 is 2.05 bits per heavy atom. The molecular formula is C31H51O11P. The van der Waals surface area contributed by atoms with Gasteiger partial charge in [0.25, 0.3) is 0 Å². The Morgan fingerprint density at radius 1 is 0.767 bits per heavy atom. The molecule has 0 amide bonds. The molecule has 0 unspecified atom stereocenters. The highest BCUT2D eigenvalue weighted by atomic mass is 31.2. The van der Waals surface area contributed by atoms with Gasteiger partial charge in [-0.2, -0.15) is 0 Å². The van der Waals surface area contributed by atoms with Gasteiger partial charge in [-0.15, -0.1) is 0 Å². The first-order chi connectivity index (χ1) is 20.5. The average molecular weight is 631 g/mol. The van der Waals surface area contributed by atoms with Crippen LogP contribution in [0.25, 0.3) is 0 Å². The van der Waals surface area contributed by atoms with Gasteiger partial charge >= 0.3 is 19.8 Å². The van der Waals surface area contributed by atoms with Crippen LogP contribution in [0.2, 0.25) is 0 Å². The van der Waals surface area contributed by atoms with Gasteiger partial charge < -0.3 is 34.6 Å². The zero-order valence-corrected chi connectivity index (χ0v) is 26.3. The number of ether oxygens (including phenoxy) is 2. The first-order valence-corrected chi connectivity index (χ1v) is 16.4. The standard InChI is InChI=1S/C31H51O11P/c1-3-5-7-10-16-22-30(35)40-24-27(25-41-43(37,38)39)42-31(36)23-17-21-29(34)28(33)20-15-12-9-8-11-14-19-26(32)18-13-6-4-2/h6,8-9,11-15,19-20,26-29,32-34H,3-5,7,10,16-18,21-25H2,1-2H3,(H2,37,38,39)/b11-8+,12-9-,13-6-,19-14+,20-15-/t26-,27+,28+,29+/m0/s1. The number of phosphoric ester groups is 1. The zero-order valence-electron chi connectivity index (χ0n) is 25.4. The van der Waals surface area contributed by atoms with Crippen LogP contribution in [0.3, 0.4) is 0 Å². The molecule has 0 bridgehead atoms. The Balaban J connectivity index is 4.49. The van der Waals surface area contributed by atoms with Crippen molar-refractivity contribution in [1.82, 2.24) is 0 Å². The van der Waals surface area contributed by atoms with E-state index >= 15 is 0 Å². The van der Waals surface area contributed by atoms with E-state index in [4.69, 9.17) is 19.3 Å². The van der Waals surface area contributed by atoms with E-state index < -0.39 is 57.4 Å². The van der Waals surface area contributed by atoms with E-state index in [0.29, 0.717) is 12.8 Å². The van der Waals surface area contributed by atoms with E-state index in [1.54, 1.807) is 42.5 Å². The van der Waals surface area contributed by atoms with Crippen LogP contribution in [-0.2, 0) is 28.2 Å². The minimum atomic E-state index is -4.83. The van der Waals surface area contributed by atoms with E-state index in [1.807, 2.05) is 19.1 Å². The number of hydrogen-bond acceptors (Lipinski definition) is 9. The van der Waals surface area contributed by atoms with Crippen LogP contribution < -0.4 is 0 Å². The Kier molecular flexibility index (Phi) is 24.6. The maximum absolute atomic E-state index is 12.3. The number of carbonyl (C=O) groups excluding carboxylic acids is 2. The Bertz CT molecular complexity index is 936. The number of unbranched alkanes of at least 4 members (excludes halogenated alkanes) is 4. The quantitative estimate of drug-likeness (QED) is 0.0309. The highest BCUT2D eigenvalue weighted by Crippen LogP contribution is 2.35. The Morgan fingerprint density at radius 2 is 1.40 bits per heavy atom. The highest BCUT2D eigenvalue weighted by molar-refractivity contribution is 7.46. The van der Waals surface area contributed by atoms with Gasteiger partial charge in [0, 0.05) is 12.8 Å². The summed E-state index contributed by atoms with van der Waals surface area (Å²) in [7, 11) is -4.83. The summed E-state index contributed by atoms with van der Waals surface area (Å²) in [6, 6.07) is 0. The number of phosphoric acid groups is 1. The van der Waals surface area contributed by atoms with Crippen LogP contribution in [0.4, 0.5) is 0 Å². The molecule has 0 saturated carbocycles. The van der Waals surface area contributed by atoms with Crippen molar-refractivity contribution < 1.29 is 53.3 Å². The van der Waals surface area contributed by atoms with E-state index in [0.717, 1.165) is 32.1 Å². The van der Waals surface area contributed by atoms with Crippen LogP contribution in [0, 0.1) is 0 Å². The normalized spacial score (nSPS) is 15.6. The van der Waals surface area contributed by atoms with Gasteiger partial charge in [0.1, 0.15) is 6.61 Å². The molecule has 4 atom stereocenters. The average Bonchev–Trinajstić information content (AvgIpc) is 2.95. The van der Waals surface area contributed by atoms with Crippen LogP contribution in [-0.4, -0.2) is 74.7 Å². The van der Waals surface area contributed by atoms with Crippen molar-refractivity contribution in [2.45, 2.75) is 109 Å². The molecular weight excluding hydrogens is 579 g/mol. The van der Waals surface area contributed by atoms with Gasteiger partial charge in [0.15, 0.2) is 6.10 Å². The summed E-state index contributed by atoms with van der Waals surface area (Å²) < 4.78 is 25.7. The predicted molar refractivity (Wildman–Crippen MR) is 165 cm³/mol. The number of aliphatic hydroxyl groups is 3. The number of hydrogen-bond donors (Lipinski definition) is 5. The summed E-state index contributed by atoms with van der Waals surface area (Å²) in [5.41, 5.74) is 0. The lowest BCUT2D eigenvalue weighted by Gasteiger charge is -2.19. The number of rotatable bonds is 25. The second kappa shape index (κ2) is 26.1. The van der Waals surface area contributed by atoms with Crippen LogP contribution in [0.1, 0.15) is 84.5 Å². The lowest BCUT2D eigenvalue weighted by atomic mass is 10.1. The molecule has 246 valence electrons. The summed E-state index contributed by atoms with van der Waals surface area (Å²) in [5.74, 6) is -1.24. The van der Waals surface area contributed by atoms with Gasteiger partial charge in [-0.3, -0.25) is 14.1 Å². The van der Waals surface area contributed by atoms with Crippen LogP contribution >= 0.6 is 7.82 Å². The second-order valence-electron chi connectivity index (χ2n) is 9.92. The highest BCUT2D eigenvalue weighted by Gasteiger charge is 2.23. The van der Waals surface area contributed by atoms with Crippen molar-refractivity contribution in [3.8, 4) is 0 Å². The van der Waals surface area contributed by atoms with Gasteiger partial charge in [0.05, 0.1) is 24.9 Å². The van der Waals surface area contributed by atoms with Gasteiger partial charge in [0.2, 0.25) is 0 Å². The number of aliphatic hydroxyl groups excluding tert-OH is 3. The molecule has 0 radical (unpaired) electrons. The fourth-order valence-corrected chi connectivity index (χ4v) is 3.90. The largest absolute Gasteiger partial charge is 0.469 e. The Hall–Kier alpha value is -2.37. The van der Waals surface area contributed by atoms with Gasteiger partial charge in [-0.05, 0) is 32.1 Å². The van der Waals surface area contributed by atoms with Crippen molar-refractivity contribution in [3.63, 3.8) is 0 Å². The molecule has 0 heterocycles. The van der Waals surface area contributed by atoms with E-state index in [2.05, 4.69) is 11.4 Å². The number of esters is 2. The predicted octanol–water partition coefficient (Wildman–Crippen LogP) is 4.75. The summed E-state index contributed by atoms with van der Waals surface area (Å²) in [4.78, 5) is 42.1. The molecule has 43 heavy (non-hydrogen) atoms. The molecule has 0 rings (SSSR count). The van der Waals surface area contributed by atoms with E-state index in [1.165, 1.54) is 6.08 Å². The maximum atomic E-state index is 12.3. The third-order valence-corrected chi connectivity index (χ3v) is 6.38. The molecule has 0 saturated heterocycles. The minimum absolute atomic E-state index is 0.0848. The molecule has 0 aliphatic carbocycles. The molecule has 11 nitrogen and oxygen atoms in total. The smallest absolute Gasteiger partial charge is 0.462 e. The number of allylic oxidation sites excluding steroid dienone is 7. The molecule has 0 aliphatic heterocycles. The second-order valence-corrected chi connectivity index (χ2v) is 11.2. The van der Waals surface area contributed by atoms with Crippen molar-refractivity contribution >= 4 is 19.8 Å². The van der Waals surface area contributed by atoms with Crippen molar-refractivity contribution in [3.05, 3.63) is 60.8 Å². The zero-order chi connectivity index (χ0) is 32.3. The van der Waals surface area contributed by atoms with Crippen LogP contribution in [0.5, 0.6) is 0 Å². The monoisotopic (exact) mass is 630 g/mol. The summed E-state index contributed by atoms with van der Waals surface area (Å²) in [6.07, 6.45) is 19.6. The third-order valence-electron chi connectivity index (χ3n) is 5.89. The van der Waals surface area contributed by atoms with Crippen LogP contribution in [0.15, 0.2) is 60.8 Å². The molecule has 0 aromatic carbocycles. The summed E-state index contributed by atoms with van der Waals surface area (Å²) in [6.45, 7) is 3.03. The SMILES string of the molecule is CC/C=C\C[C@H](O)/C=C/C=C/C=C\C=C/[C@@H](O)[C@H](O)CCCC(=O)O[C@H](COC(=O)CCCCCCC)COP(=O)(O)O. The third kappa shape index (κ3) is 27.0. The lowest BCUT2D eigenvalue weighted by molar-refractivity contribution is -0.161. The van der Waals surface area contributed by atoms with Crippen molar-refractivity contribution in [1.29, 1.82) is 0 Å². The van der Waals surface area contributed by atoms with E-state index in [9.17, 15) is 29.5 Å². The first-order valence-electron chi connectivity index (χ1n) is 14.9. The van der Waals surface area contributed by atoms with Crippen molar-refractivity contribution in [2.75, 3.05) is 13.2 Å². The fraction of sp³-hybridized carbons (Fsp3) is 0.613. The topological polar surface area (TPSA) is 180 Å². The van der Waals surface area contributed by atoms with Gasteiger partial charge in [-0.25, -0.2) is 4.57 Å². The summed E-state index contributed by atoms with van der Waals surface area (Å²) >= 11 is 0. The fourth-order valence-electron chi connectivity index (χ4n) is 3.53. The Labute approximate surface area is 255 Å². The molecule has 12 heteroatoms. The molecule has 5 N–H and O–H groups in total. The molecule has 0 aromatic heterocycles. The first kappa shape index (κ1) is 40.6. The molecule has 0 fully saturated rings. The molecule has 0 spiro atoms. The van der Waals surface area contributed by atoms with Crippen molar-refractivity contribution in [2.24, 2.45) is 0 Å². The molecule has 0 aromatic rings. The summed E-state index contributed by atoms with van der Waals surface area (Å²) in [5, 5.41) is 30.0. The van der Waals surface area contributed by atoms with Gasteiger partial charge in [-0.1, -0.05) is 100 Å². The number of carbonyl (C=O) groups is 2. The van der Waals surface area contributed by atoms with E-state index in [-0.39, 0.29) is 25.7 Å². The maximum Gasteiger partial charge on any atom is 0.469 e. The minimum Gasteiger partial charge on any atom is -0.462 e. The lowest BCUT2D eigenvalue weighted by Crippen LogP contribution is -2.29.